The number of amides is 1. The Labute approximate surface area is 129 Å². The van der Waals surface area contributed by atoms with Crippen molar-refractivity contribution in [2.24, 2.45) is 7.05 Å². The molecule has 6 heteroatoms. The second-order valence-electron chi connectivity index (χ2n) is 6.35. The summed E-state index contributed by atoms with van der Waals surface area (Å²) in [5, 5.41) is 0.754. The van der Waals surface area contributed by atoms with E-state index in [4.69, 9.17) is 0 Å². The first kappa shape index (κ1) is 13.8. The van der Waals surface area contributed by atoms with Crippen LogP contribution in [0, 0.1) is 0 Å². The third-order valence-electron chi connectivity index (χ3n) is 4.95. The predicted molar refractivity (Wildman–Crippen MR) is 84.3 cm³/mol. The topological polar surface area (TPSA) is 59.4 Å². The fourth-order valence-electron chi connectivity index (χ4n) is 3.83. The van der Waals surface area contributed by atoms with Gasteiger partial charge in [-0.25, -0.2) is 8.42 Å². The van der Waals surface area contributed by atoms with Gasteiger partial charge in [-0.15, -0.1) is 0 Å². The average molecular weight is 318 g/mol. The van der Waals surface area contributed by atoms with E-state index in [1.807, 2.05) is 42.1 Å². The molecule has 0 radical (unpaired) electrons. The minimum Gasteiger partial charge on any atom is -0.350 e. The molecule has 5 nitrogen and oxygen atoms in total. The highest BCUT2D eigenvalue weighted by Gasteiger charge is 2.49. The van der Waals surface area contributed by atoms with E-state index in [0.29, 0.717) is 19.4 Å². The van der Waals surface area contributed by atoms with Crippen LogP contribution in [-0.2, 0) is 28.1 Å². The van der Waals surface area contributed by atoms with E-state index >= 15 is 0 Å². The number of fused-ring (bicyclic) bond motifs is 3. The number of carbonyl (C=O) groups excluding carboxylic acids is 1. The number of benzene rings is 1. The number of rotatable bonds is 2. The summed E-state index contributed by atoms with van der Waals surface area (Å²) in [6, 6.07) is 7.91. The summed E-state index contributed by atoms with van der Waals surface area (Å²) in [5.74, 6) is 0.178. The molecule has 0 saturated carbocycles. The maximum absolute atomic E-state index is 12.6. The summed E-state index contributed by atoms with van der Waals surface area (Å²) in [6.45, 7) is 0.372. The molecule has 0 aliphatic carbocycles. The largest absolute Gasteiger partial charge is 0.350 e. The van der Waals surface area contributed by atoms with Crippen molar-refractivity contribution in [1.29, 1.82) is 0 Å². The molecule has 2 aliphatic heterocycles. The third-order valence-corrected chi connectivity index (χ3v) is 7.16. The molecule has 2 aromatic rings. The van der Waals surface area contributed by atoms with E-state index in [0.717, 1.165) is 16.5 Å². The van der Waals surface area contributed by atoms with E-state index in [2.05, 4.69) is 0 Å². The Morgan fingerprint density at radius 1 is 1.32 bits per heavy atom. The summed E-state index contributed by atoms with van der Waals surface area (Å²) in [5.41, 5.74) is 2.12. The van der Waals surface area contributed by atoms with E-state index in [9.17, 15) is 13.2 Å². The van der Waals surface area contributed by atoms with Gasteiger partial charge in [0, 0.05) is 36.7 Å². The van der Waals surface area contributed by atoms with Crippen molar-refractivity contribution < 1.29 is 13.2 Å². The van der Waals surface area contributed by atoms with Gasteiger partial charge >= 0.3 is 0 Å². The van der Waals surface area contributed by atoms with Crippen molar-refractivity contribution in [2.45, 2.75) is 24.1 Å². The van der Waals surface area contributed by atoms with Crippen LogP contribution in [0.2, 0.25) is 0 Å². The number of para-hydroxylation sites is 1. The van der Waals surface area contributed by atoms with Crippen LogP contribution < -0.4 is 0 Å². The SMILES string of the molecule is Cn1cc(CC(=O)N2CC3CC2CS3(=O)=O)c2ccccc21. The molecule has 116 valence electrons. The van der Waals surface area contributed by atoms with Gasteiger partial charge in [-0.3, -0.25) is 4.79 Å². The fraction of sp³-hybridized carbons (Fsp3) is 0.438. The number of aryl methyl sites for hydroxylation is 1. The zero-order chi connectivity index (χ0) is 15.5. The first-order chi connectivity index (χ1) is 10.5. The zero-order valence-corrected chi connectivity index (χ0v) is 13.2. The number of sulfone groups is 1. The number of hydrogen-bond acceptors (Lipinski definition) is 3. The smallest absolute Gasteiger partial charge is 0.227 e. The van der Waals surface area contributed by atoms with Gasteiger partial charge in [0.2, 0.25) is 5.91 Å². The predicted octanol–water partition coefficient (Wildman–Crippen LogP) is 1.12. The molecule has 1 aromatic heterocycles. The van der Waals surface area contributed by atoms with Gasteiger partial charge in [-0.2, -0.15) is 0 Å². The van der Waals surface area contributed by atoms with Gasteiger partial charge in [0.05, 0.1) is 17.4 Å². The molecular formula is C16H18N2O3S. The lowest BCUT2D eigenvalue weighted by atomic mass is 10.1. The van der Waals surface area contributed by atoms with Crippen LogP contribution in [0.4, 0.5) is 0 Å². The van der Waals surface area contributed by atoms with Gasteiger partial charge in [0.15, 0.2) is 9.84 Å². The van der Waals surface area contributed by atoms with Crippen molar-refractivity contribution in [3.8, 4) is 0 Å². The highest BCUT2D eigenvalue weighted by molar-refractivity contribution is 7.92. The Morgan fingerprint density at radius 2 is 2.09 bits per heavy atom. The summed E-state index contributed by atoms with van der Waals surface area (Å²) < 4.78 is 25.6. The van der Waals surface area contributed by atoms with Crippen LogP contribution in [0.1, 0.15) is 12.0 Å². The average Bonchev–Trinajstić information content (AvgIpc) is 3.10. The number of likely N-dealkylation sites (tertiary alicyclic amines) is 1. The molecule has 2 saturated heterocycles. The van der Waals surface area contributed by atoms with Crippen molar-refractivity contribution in [2.75, 3.05) is 12.3 Å². The molecule has 1 aromatic carbocycles. The normalized spacial score (nSPS) is 26.0. The Balaban J connectivity index is 1.58. The summed E-state index contributed by atoms with van der Waals surface area (Å²) >= 11 is 0. The fourth-order valence-corrected chi connectivity index (χ4v) is 5.86. The van der Waals surface area contributed by atoms with Crippen LogP contribution in [0.5, 0.6) is 0 Å². The van der Waals surface area contributed by atoms with Gasteiger partial charge in [0.1, 0.15) is 0 Å². The Hall–Kier alpha value is -1.82. The van der Waals surface area contributed by atoms with Crippen LogP contribution >= 0.6 is 0 Å². The standard InChI is InChI=1S/C16H18N2O3S/c1-17-8-11(14-4-2-3-5-15(14)17)6-16(19)18-9-13-7-12(18)10-22(13,20)21/h2-5,8,12-13H,6-7,9-10H2,1H3. The minimum absolute atomic E-state index is 0.0405. The maximum atomic E-state index is 12.6. The van der Waals surface area contributed by atoms with E-state index in [1.165, 1.54) is 0 Å². The van der Waals surface area contributed by atoms with Crippen LogP contribution in [0.25, 0.3) is 10.9 Å². The van der Waals surface area contributed by atoms with E-state index in [1.54, 1.807) is 4.90 Å². The quantitative estimate of drug-likeness (QED) is 0.834. The van der Waals surface area contributed by atoms with Crippen molar-refractivity contribution in [3.05, 3.63) is 36.0 Å². The number of aromatic nitrogens is 1. The van der Waals surface area contributed by atoms with Gasteiger partial charge in [-0.1, -0.05) is 18.2 Å². The molecule has 2 bridgehead atoms. The zero-order valence-electron chi connectivity index (χ0n) is 12.4. The van der Waals surface area contributed by atoms with Crippen molar-refractivity contribution in [3.63, 3.8) is 0 Å². The lowest BCUT2D eigenvalue weighted by Gasteiger charge is -2.26. The molecule has 2 atom stereocenters. The Bertz CT molecular complexity index is 869. The summed E-state index contributed by atoms with van der Waals surface area (Å²) in [6.07, 6.45) is 2.95. The molecule has 0 spiro atoms. The second-order valence-corrected chi connectivity index (χ2v) is 8.67. The Kier molecular flexibility index (Phi) is 2.88. The van der Waals surface area contributed by atoms with Crippen LogP contribution in [0.15, 0.2) is 30.5 Å². The molecule has 2 aliphatic rings. The first-order valence-corrected chi connectivity index (χ1v) is 9.21. The van der Waals surface area contributed by atoms with Gasteiger partial charge in [-0.05, 0) is 18.1 Å². The second kappa shape index (κ2) is 4.59. The van der Waals surface area contributed by atoms with E-state index < -0.39 is 9.84 Å². The number of hydrogen-bond donors (Lipinski definition) is 0. The molecule has 1 amide bonds. The summed E-state index contributed by atoms with van der Waals surface area (Å²) in [7, 11) is -0.982. The van der Waals surface area contributed by atoms with Crippen molar-refractivity contribution in [1.82, 2.24) is 9.47 Å². The Morgan fingerprint density at radius 3 is 2.77 bits per heavy atom. The van der Waals surface area contributed by atoms with Crippen molar-refractivity contribution >= 4 is 26.6 Å². The summed E-state index contributed by atoms with van der Waals surface area (Å²) in [4.78, 5) is 14.4. The van der Waals surface area contributed by atoms with Crippen LogP contribution in [-0.4, -0.2) is 47.4 Å². The van der Waals surface area contributed by atoms with Crippen LogP contribution in [0.3, 0.4) is 0 Å². The lowest BCUT2D eigenvalue weighted by Crippen LogP contribution is -2.44. The van der Waals surface area contributed by atoms with Gasteiger partial charge in [0.25, 0.3) is 0 Å². The van der Waals surface area contributed by atoms with E-state index in [-0.39, 0.29) is 23.0 Å². The lowest BCUT2D eigenvalue weighted by molar-refractivity contribution is -0.130. The van der Waals surface area contributed by atoms with Gasteiger partial charge < -0.3 is 9.47 Å². The molecule has 3 heterocycles. The number of nitrogens with zero attached hydrogens (tertiary/aromatic N) is 2. The highest BCUT2D eigenvalue weighted by atomic mass is 32.2. The monoisotopic (exact) mass is 318 g/mol. The molecular weight excluding hydrogens is 300 g/mol. The first-order valence-electron chi connectivity index (χ1n) is 7.50. The molecule has 22 heavy (non-hydrogen) atoms. The third kappa shape index (κ3) is 1.97. The molecule has 2 fully saturated rings. The molecule has 2 unspecified atom stereocenters. The molecule has 0 N–H and O–H groups in total. The minimum atomic E-state index is -2.96. The number of carbonyl (C=O) groups is 1. The highest BCUT2D eigenvalue weighted by Crippen LogP contribution is 2.33. The molecule has 4 rings (SSSR count). The maximum Gasteiger partial charge on any atom is 0.227 e.